The first-order valence-corrected chi connectivity index (χ1v) is 2.35. The lowest BCUT2D eigenvalue weighted by atomic mass is 10.3. The predicted molar refractivity (Wildman–Crippen MR) is 28.9 cm³/mol. The summed E-state index contributed by atoms with van der Waals surface area (Å²) in [4.78, 5) is 10.5. The number of nitrogens with two attached hydrogens (primary N) is 1. The Hall–Kier alpha value is -1.23. The van der Waals surface area contributed by atoms with E-state index in [-0.39, 0.29) is 12.1 Å². The van der Waals surface area contributed by atoms with Crippen LogP contribution in [0.15, 0.2) is 9.32 Å². The van der Waals surface area contributed by atoms with Gasteiger partial charge in [-0.25, -0.2) is 0 Å². The van der Waals surface area contributed by atoms with Crippen molar-refractivity contribution in [2.45, 2.75) is 6.54 Å². The van der Waals surface area contributed by atoms with Gasteiger partial charge in [0, 0.05) is 6.54 Å². The normalized spacial score (nSPS) is 9.89. The molecule has 0 saturated carbocycles. The van der Waals surface area contributed by atoms with Crippen molar-refractivity contribution in [1.29, 1.82) is 0 Å². The van der Waals surface area contributed by atoms with Crippen molar-refractivity contribution in [3.05, 3.63) is 15.9 Å². The van der Waals surface area contributed by atoms with Crippen molar-refractivity contribution >= 4 is 0 Å². The lowest BCUT2D eigenvalue weighted by molar-refractivity contribution is 0.274. The van der Waals surface area contributed by atoms with Crippen LogP contribution in [0.2, 0.25) is 0 Å². The molecule has 0 amide bonds. The number of hydrogen-bond donors (Lipinski definition) is 3. The summed E-state index contributed by atoms with van der Waals surface area (Å²) in [6.45, 7) is -0.0162. The molecule has 4 N–H and O–H groups in total. The van der Waals surface area contributed by atoms with Crippen LogP contribution in [0, 0.1) is 0 Å². The summed E-state index contributed by atoms with van der Waals surface area (Å²) in [5.74, 6) is -0.428. The third-order valence-electron chi connectivity index (χ3n) is 0.977. The highest BCUT2D eigenvalue weighted by Crippen LogP contribution is 2.07. The smallest absolute Gasteiger partial charge is 0.314 e. The van der Waals surface area contributed by atoms with E-state index in [1.54, 1.807) is 0 Å². The molecule has 0 unspecified atom stereocenters. The first kappa shape index (κ1) is 5.90. The Balaban J connectivity index is 3.23. The van der Waals surface area contributed by atoms with E-state index in [9.17, 15) is 4.79 Å². The summed E-state index contributed by atoms with van der Waals surface area (Å²) in [5, 5.41) is 10.6. The van der Waals surface area contributed by atoms with E-state index in [2.05, 4.69) is 4.52 Å². The molecule has 0 saturated heterocycles. The maximum Gasteiger partial charge on any atom is 0.314 e. The van der Waals surface area contributed by atoms with Gasteiger partial charge in [0.1, 0.15) is 5.56 Å². The minimum absolute atomic E-state index is 0.0162. The highest BCUT2D eigenvalue weighted by atomic mass is 16.6. The van der Waals surface area contributed by atoms with Gasteiger partial charge in [-0.05, 0) is 0 Å². The van der Waals surface area contributed by atoms with Gasteiger partial charge in [-0.1, -0.05) is 0 Å². The van der Waals surface area contributed by atoms with Crippen molar-refractivity contribution in [2.24, 2.45) is 5.73 Å². The number of rotatable bonds is 1. The van der Waals surface area contributed by atoms with E-state index in [0.29, 0.717) is 0 Å². The largest absolute Gasteiger partial charge is 0.479 e. The van der Waals surface area contributed by atoms with Crippen LogP contribution >= 0.6 is 0 Å². The van der Waals surface area contributed by atoms with E-state index in [1.807, 2.05) is 5.16 Å². The second-order valence-electron chi connectivity index (χ2n) is 1.52. The van der Waals surface area contributed by atoms with Crippen LogP contribution in [0.5, 0.6) is 5.95 Å². The Morgan fingerprint density at radius 3 is 2.67 bits per heavy atom. The molecule has 0 aliphatic carbocycles. The van der Waals surface area contributed by atoms with Gasteiger partial charge in [0.05, 0.1) is 0 Å². The van der Waals surface area contributed by atoms with Gasteiger partial charge >= 0.3 is 5.95 Å². The quantitative estimate of drug-likeness (QED) is 0.460. The molecule has 1 rings (SSSR count). The molecule has 5 nitrogen and oxygen atoms in total. The highest BCUT2D eigenvalue weighted by molar-refractivity contribution is 5.16. The lowest BCUT2D eigenvalue weighted by Crippen LogP contribution is -2.09. The van der Waals surface area contributed by atoms with Crippen LogP contribution in [0.1, 0.15) is 5.56 Å². The SMILES string of the molecule is NCc1c(O)o[nH]c1=O. The zero-order chi connectivity index (χ0) is 6.85. The van der Waals surface area contributed by atoms with Crippen molar-refractivity contribution < 1.29 is 9.63 Å². The summed E-state index contributed by atoms with van der Waals surface area (Å²) in [6, 6.07) is 0. The summed E-state index contributed by atoms with van der Waals surface area (Å²) in [6.07, 6.45) is 0. The Morgan fingerprint density at radius 1 is 1.78 bits per heavy atom. The Morgan fingerprint density at radius 2 is 2.44 bits per heavy atom. The molecule has 0 spiro atoms. The number of nitrogens with one attached hydrogen (secondary N) is 1. The zero-order valence-electron chi connectivity index (χ0n) is 4.55. The van der Waals surface area contributed by atoms with E-state index in [1.165, 1.54) is 0 Å². The number of aromatic nitrogens is 1. The minimum atomic E-state index is -0.477. The summed E-state index contributed by atoms with van der Waals surface area (Å²) < 4.78 is 4.22. The molecular weight excluding hydrogens is 124 g/mol. The molecule has 0 atom stereocenters. The van der Waals surface area contributed by atoms with Crippen LogP contribution in [0.3, 0.4) is 0 Å². The second-order valence-corrected chi connectivity index (χ2v) is 1.52. The zero-order valence-corrected chi connectivity index (χ0v) is 4.55. The molecule has 1 heterocycles. The summed E-state index contributed by atoms with van der Waals surface area (Å²) in [5.41, 5.74) is 4.66. The molecule has 1 aromatic rings. The summed E-state index contributed by atoms with van der Waals surface area (Å²) >= 11 is 0. The Kier molecular flexibility index (Phi) is 1.27. The van der Waals surface area contributed by atoms with Crippen molar-refractivity contribution in [3.63, 3.8) is 0 Å². The third-order valence-corrected chi connectivity index (χ3v) is 0.977. The number of aromatic hydroxyl groups is 1. The fourth-order valence-corrected chi connectivity index (χ4v) is 0.495. The van der Waals surface area contributed by atoms with Crippen molar-refractivity contribution in [1.82, 2.24) is 5.16 Å². The average molecular weight is 130 g/mol. The molecular formula is C4H6N2O3. The number of hydrogen-bond acceptors (Lipinski definition) is 4. The lowest BCUT2D eigenvalue weighted by Gasteiger charge is -1.82. The standard InChI is InChI=1S/C4H6N2O3/c5-1-2-3(7)6-9-4(2)8/h8H,1,5H2,(H,6,7). The average Bonchev–Trinajstić information content (AvgIpc) is 2.12. The van der Waals surface area contributed by atoms with Gasteiger partial charge in [-0.2, -0.15) is 5.16 Å². The molecule has 1 aromatic heterocycles. The Labute approximate surface area is 50.1 Å². The predicted octanol–water partition coefficient (Wildman–Crippen LogP) is -0.868. The van der Waals surface area contributed by atoms with Gasteiger partial charge in [-0.15, -0.1) is 0 Å². The summed E-state index contributed by atoms with van der Waals surface area (Å²) in [7, 11) is 0. The molecule has 0 bridgehead atoms. The van der Waals surface area contributed by atoms with Crippen molar-refractivity contribution in [3.8, 4) is 5.95 Å². The van der Waals surface area contributed by atoms with E-state index < -0.39 is 11.5 Å². The molecule has 9 heavy (non-hydrogen) atoms. The number of aromatic amines is 1. The molecule has 0 aliphatic rings. The van der Waals surface area contributed by atoms with Crippen LogP contribution < -0.4 is 11.3 Å². The molecule has 5 heteroatoms. The van der Waals surface area contributed by atoms with Crippen molar-refractivity contribution in [2.75, 3.05) is 0 Å². The maximum absolute atomic E-state index is 10.5. The third kappa shape index (κ3) is 0.812. The molecule has 0 fully saturated rings. The highest BCUT2D eigenvalue weighted by Gasteiger charge is 2.07. The molecule has 0 aliphatic heterocycles. The monoisotopic (exact) mass is 130 g/mol. The van der Waals surface area contributed by atoms with Gasteiger partial charge in [0.2, 0.25) is 0 Å². The van der Waals surface area contributed by atoms with Gasteiger partial charge in [0.25, 0.3) is 5.56 Å². The van der Waals surface area contributed by atoms with E-state index in [0.717, 1.165) is 0 Å². The molecule has 0 radical (unpaired) electrons. The maximum atomic E-state index is 10.5. The van der Waals surface area contributed by atoms with Crippen LogP contribution in [-0.2, 0) is 6.54 Å². The first-order chi connectivity index (χ1) is 4.25. The second kappa shape index (κ2) is 1.94. The van der Waals surface area contributed by atoms with E-state index in [4.69, 9.17) is 10.8 Å². The van der Waals surface area contributed by atoms with Crippen LogP contribution in [0.25, 0.3) is 0 Å². The molecule has 50 valence electrons. The van der Waals surface area contributed by atoms with Crippen LogP contribution in [0.4, 0.5) is 0 Å². The van der Waals surface area contributed by atoms with Gasteiger partial charge in [-0.3, -0.25) is 4.79 Å². The van der Waals surface area contributed by atoms with E-state index >= 15 is 0 Å². The van der Waals surface area contributed by atoms with Gasteiger partial charge < -0.3 is 15.4 Å². The fourth-order valence-electron chi connectivity index (χ4n) is 0.495. The van der Waals surface area contributed by atoms with Gasteiger partial charge in [0.15, 0.2) is 0 Å². The minimum Gasteiger partial charge on any atom is -0.479 e. The topological polar surface area (TPSA) is 92.2 Å². The Bertz CT molecular complexity index is 249. The first-order valence-electron chi connectivity index (χ1n) is 2.35. The van der Waals surface area contributed by atoms with Crippen LogP contribution in [-0.4, -0.2) is 10.3 Å². The number of H-pyrrole nitrogens is 1. The fraction of sp³-hybridized carbons (Fsp3) is 0.250. The molecule has 0 aromatic carbocycles.